The summed E-state index contributed by atoms with van der Waals surface area (Å²) in [5, 5.41) is 10.5. The fourth-order valence-electron chi connectivity index (χ4n) is 3.59. The van der Waals surface area contributed by atoms with Crippen molar-refractivity contribution >= 4 is 39.7 Å². The van der Waals surface area contributed by atoms with Gasteiger partial charge in [-0.05, 0) is 62.5 Å². The van der Waals surface area contributed by atoms with Crippen LogP contribution in [0.4, 0.5) is 5.00 Å². The van der Waals surface area contributed by atoms with Gasteiger partial charge in [-0.1, -0.05) is 4.49 Å². The minimum atomic E-state index is -0.255. The molecule has 1 saturated heterocycles. The molecule has 0 bridgehead atoms. The molecule has 4 rings (SSSR count). The maximum absolute atomic E-state index is 13.0. The molecule has 1 aliphatic carbocycles. The normalized spacial score (nSPS) is 18.9. The van der Waals surface area contributed by atoms with E-state index >= 15 is 0 Å². The van der Waals surface area contributed by atoms with Gasteiger partial charge in [0.2, 0.25) is 0 Å². The highest BCUT2D eigenvalue weighted by Crippen LogP contribution is 2.38. The Morgan fingerprint density at radius 2 is 2.07 bits per heavy atom. The summed E-state index contributed by atoms with van der Waals surface area (Å²) in [4.78, 5) is 27.3. The lowest BCUT2D eigenvalue weighted by molar-refractivity contribution is 0.0858. The summed E-state index contributed by atoms with van der Waals surface area (Å²) in [6.07, 6.45) is 6.14. The van der Waals surface area contributed by atoms with Crippen molar-refractivity contribution in [3.05, 3.63) is 26.6 Å². The maximum Gasteiger partial charge on any atom is 0.269 e. The van der Waals surface area contributed by atoms with Crippen LogP contribution in [-0.2, 0) is 17.6 Å². The standard InChI is InChI=1S/C18H22N4O3S2/c1-10-15(27-22-21-10)17(24)20-18-14(12-6-2-3-7-13(12)26-18)16(23)19-9-11-5-4-8-25-11/h11H,2-9H2,1H3,(H,19,23)(H,20,24). The predicted molar refractivity (Wildman–Crippen MR) is 105 cm³/mol. The van der Waals surface area contributed by atoms with Crippen molar-refractivity contribution in [1.82, 2.24) is 14.9 Å². The Hall–Kier alpha value is -1.84. The molecule has 2 amide bonds. The van der Waals surface area contributed by atoms with Crippen molar-refractivity contribution in [2.24, 2.45) is 0 Å². The Bertz CT molecular complexity index is 855. The van der Waals surface area contributed by atoms with Crippen LogP contribution in [0.15, 0.2) is 0 Å². The van der Waals surface area contributed by atoms with Crippen molar-refractivity contribution in [1.29, 1.82) is 0 Å². The number of fused-ring (bicyclic) bond motifs is 1. The summed E-state index contributed by atoms with van der Waals surface area (Å²) in [6, 6.07) is 0. The summed E-state index contributed by atoms with van der Waals surface area (Å²) >= 11 is 2.59. The van der Waals surface area contributed by atoms with Gasteiger partial charge in [-0.3, -0.25) is 9.59 Å². The number of aromatic nitrogens is 2. The third-order valence-electron chi connectivity index (χ3n) is 5.00. The first-order chi connectivity index (χ1) is 13.1. The van der Waals surface area contributed by atoms with Crippen LogP contribution in [0.25, 0.3) is 0 Å². The minimum Gasteiger partial charge on any atom is -0.376 e. The van der Waals surface area contributed by atoms with Crippen LogP contribution >= 0.6 is 22.9 Å². The van der Waals surface area contributed by atoms with E-state index in [1.165, 1.54) is 16.2 Å². The first-order valence-electron chi connectivity index (χ1n) is 9.28. The van der Waals surface area contributed by atoms with E-state index in [9.17, 15) is 9.59 Å². The molecule has 2 aromatic heterocycles. The number of hydrogen-bond donors (Lipinski definition) is 2. The zero-order valence-corrected chi connectivity index (χ0v) is 16.8. The Balaban J connectivity index is 1.56. The average Bonchev–Trinajstić information content (AvgIpc) is 3.39. The number of rotatable bonds is 5. The largest absolute Gasteiger partial charge is 0.376 e. The van der Waals surface area contributed by atoms with Crippen molar-refractivity contribution in [3.8, 4) is 0 Å². The van der Waals surface area contributed by atoms with E-state index in [0.29, 0.717) is 27.7 Å². The summed E-state index contributed by atoms with van der Waals surface area (Å²) in [6.45, 7) is 3.03. The number of hydrogen-bond acceptors (Lipinski definition) is 7. The molecule has 9 heteroatoms. The monoisotopic (exact) mass is 406 g/mol. The molecule has 0 spiro atoms. The summed E-state index contributed by atoms with van der Waals surface area (Å²) in [5.74, 6) is -0.381. The number of aryl methyl sites for hydroxylation is 2. The zero-order chi connectivity index (χ0) is 18.8. The lowest BCUT2D eigenvalue weighted by Gasteiger charge is -2.15. The molecule has 1 unspecified atom stereocenters. The van der Waals surface area contributed by atoms with Gasteiger partial charge >= 0.3 is 0 Å². The molecule has 7 nitrogen and oxygen atoms in total. The van der Waals surface area contributed by atoms with Gasteiger partial charge in [-0.25, -0.2) is 0 Å². The molecule has 2 N–H and O–H groups in total. The van der Waals surface area contributed by atoms with E-state index in [1.807, 2.05) is 0 Å². The number of nitrogens with one attached hydrogen (secondary N) is 2. The van der Waals surface area contributed by atoms with Gasteiger partial charge in [0, 0.05) is 18.0 Å². The number of carbonyl (C=O) groups excluding carboxylic acids is 2. The molecule has 27 heavy (non-hydrogen) atoms. The summed E-state index contributed by atoms with van der Waals surface area (Å²) in [5.41, 5.74) is 2.31. The molecule has 0 aromatic carbocycles. The highest BCUT2D eigenvalue weighted by Gasteiger charge is 2.28. The first-order valence-corrected chi connectivity index (χ1v) is 10.9. The molecule has 0 radical (unpaired) electrons. The highest BCUT2D eigenvalue weighted by atomic mass is 32.1. The number of nitrogens with zero attached hydrogens (tertiary/aromatic N) is 2. The average molecular weight is 407 g/mol. The smallest absolute Gasteiger partial charge is 0.269 e. The fraction of sp³-hybridized carbons (Fsp3) is 0.556. The van der Waals surface area contributed by atoms with E-state index in [2.05, 4.69) is 20.2 Å². The van der Waals surface area contributed by atoms with Gasteiger partial charge in [-0.15, -0.1) is 16.4 Å². The Labute approximate surface area is 165 Å². The van der Waals surface area contributed by atoms with Crippen LogP contribution in [-0.4, -0.2) is 40.7 Å². The van der Waals surface area contributed by atoms with Crippen molar-refractivity contribution in [2.75, 3.05) is 18.5 Å². The molecule has 1 atom stereocenters. The quantitative estimate of drug-likeness (QED) is 0.796. The number of carbonyl (C=O) groups is 2. The lowest BCUT2D eigenvalue weighted by atomic mass is 9.95. The molecular formula is C18H22N4O3S2. The van der Waals surface area contributed by atoms with Crippen LogP contribution in [0.2, 0.25) is 0 Å². The van der Waals surface area contributed by atoms with Gasteiger partial charge in [0.05, 0.1) is 17.4 Å². The highest BCUT2D eigenvalue weighted by molar-refractivity contribution is 7.17. The topological polar surface area (TPSA) is 93.2 Å². The first kappa shape index (κ1) is 18.5. The van der Waals surface area contributed by atoms with Gasteiger partial charge in [0.25, 0.3) is 11.8 Å². The molecule has 2 aromatic rings. The number of anilines is 1. The van der Waals surface area contributed by atoms with E-state index in [0.717, 1.165) is 62.2 Å². The van der Waals surface area contributed by atoms with Crippen LogP contribution in [0.5, 0.6) is 0 Å². The lowest BCUT2D eigenvalue weighted by Crippen LogP contribution is -2.32. The third kappa shape index (κ3) is 3.90. The molecule has 1 fully saturated rings. The second kappa shape index (κ2) is 8.04. The summed E-state index contributed by atoms with van der Waals surface area (Å²) in [7, 11) is 0. The molecule has 0 saturated carbocycles. The SMILES string of the molecule is Cc1nnsc1C(=O)Nc1sc2c(c1C(=O)NCC1CCCO1)CCCC2. The molecule has 144 valence electrons. The Kier molecular flexibility index (Phi) is 5.51. The minimum absolute atomic E-state index is 0.0902. The van der Waals surface area contributed by atoms with E-state index in [-0.39, 0.29) is 17.9 Å². The zero-order valence-electron chi connectivity index (χ0n) is 15.2. The van der Waals surface area contributed by atoms with Crippen molar-refractivity contribution in [2.45, 2.75) is 51.6 Å². The van der Waals surface area contributed by atoms with Gasteiger partial charge in [-0.2, -0.15) is 0 Å². The second-order valence-electron chi connectivity index (χ2n) is 6.90. The van der Waals surface area contributed by atoms with Crippen molar-refractivity contribution < 1.29 is 14.3 Å². The van der Waals surface area contributed by atoms with Crippen LogP contribution < -0.4 is 10.6 Å². The molecule has 2 aliphatic rings. The predicted octanol–water partition coefficient (Wildman–Crippen LogP) is 2.95. The number of ether oxygens (including phenoxy) is 1. The fourth-order valence-corrected chi connectivity index (χ4v) is 5.43. The van der Waals surface area contributed by atoms with Gasteiger partial charge < -0.3 is 15.4 Å². The van der Waals surface area contributed by atoms with Gasteiger partial charge in [0.1, 0.15) is 9.88 Å². The Morgan fingerprint density at radius 3 is 2.81 bits per heavy atom. The van der Waals surface area contributed by atoms with Crippen molar-refractivity contribution in [3.63, 3.8) is 0 Å². The maximum atomic E-state index is 13.0. The van der Waals surface area contributed by atoms with Crippen LogP contribution in [0.3, 0.4) is 0 Å². The Morgan fingerprint density at radius 1 is 1.22 bits per heavy atom. The second-order valence-corrected chi connectivity index (χ2v) is 8.76. The molecular weight excluding hydrogens is 384 g/mol. The number of amides is 2. The summed E-state index contributed by atoms with van der Waals surface area (Å²) < 4.78 is 9.42. The van der Waals surface area contributed by atoms with E-state index in [4.69, 9.17) is 4.74 Å². The third-order valence-corrected chi connectivity index (χ3v) is 7.03. The van der Waals surface area contributed by atoms with E-state index in [1.54, 1.807) is 6.92 Å². The van der Waals surface area contributed by atoms with Crippen LogP contribution in [0, 0.1) is 6.92 Å². The van der Waals surface area contributed by atoms with Gasteiger partial charge in [0.15, 0.2) is 0 Å². The number of thiophene rings is 1. The molecule has 1 aliphatic heterocycles. The molecule has 3 heterocycles. The van der Waals surface area contributed by atoms with E-state index < -0.39 is 0 Å². The van der Waals surface area contributed by atoms with Crippen LogP contribution in [0.1, 0.15) is 61.8 Å².